The number of ether oxygens (including phenoxy) is 1. The van der Waals surface area contributed by atoms with Gasteiger partial charge in [0, 0.05) is 25.7 Å². The Kier molecular flexibility index (Phi) is 4.61. The zero-order chi connectivity index (χ0) is 13.0. The molecule has 1 aromatic rings. The molecule has 1 aromatic carbocycles. The van der Waals surface area contributed by atoms with Crippen LogP contribution in [0.25, 0.3) is 0 Å². The van der Waals surface area contributed by atoms with Crippen molar-refractivity contribution in [1.29, 1.82) is 0 Å². The smallest absolute Gasteiger partial charge is 0.167 e. The van der Waals surface area contributed by atoms with E-state index in [9.17, 15) is 4.39 Å². The molecule has 0 fully saturated rings. The van der Waals surface area contributed by atoms with Gasteiger partial charge in [-0.2, -0.15) is 0 Å². The quantitative estimate of drug-likeness (QED) is 0.804. The van der Waals surface area contributed by atoms with Gasteiger partial charge in [0.05, 0.1) is 18.5 Å². The first-order chi connectivity index (χ1) is 7.95. The van der Waals surface area contributed by atoms with Crippen LogP contribution in [0.3, 0.4) is 0 Å². The van der Waals surface area contributed by atoms with Crippen molar-refractivity contribution in [3.05, 3.63) is 17.9 Å². The van der Waals surface area contributed by atoms with Crippen LogP contribution in [0.1, 0.15) is 20.3 Å². The lowest BCUT2D eigenvalue weighted by Gasteiger charge is -2.22. The second-order valence-corrected chi connectivity index (χ2v) is 4.65. The molecule has 4 heteroatoms. The molecule has 96 valence electrons. The van der Waals surface area contributed by atoms with E-state index in [1.54, 1.807) is 6.07 Å². The number of benzene rings is 1. The van der Waals surface area contributed by atoms with Crippen molar-refractivity contribution < 1.29 is 9.13 Å². The Labute approximate surface area is 102 Å². The Morgan fingerprint density at radius 1 is 1.41 bits per heavy atom. The highest BCUT2D eigenvalue weighted by molar-refractivity contribution is 5.69. The Morgan fingerprint density at radius 2 is 2.06 bits per heavy atom. The Morgan fingerprint density at radius 3 is 2.59 bits per heavy atom. The fourth-order valence-corrected chi connectivity index (χ4v) is 1.62. The van der Waals surface area contributed by atoms with E-state index < -0.39 is 5.82 Å². The zero-order valence-electron chi connectivity index (χ0n) is 11.0. The first kappa shape index (κ1) is 13.6. The molecule has 0 amide bonds. The molecule has 3 nitrogen and oxygen atoms in total. The minimum Gasteiger partial charge on any atom is -0.494 e. The number of nitrogens with two attached hydrogens (primary N) is 1. The molecule has 0 aromatic heterocycles. The van der Waals surface area contributed by atoms with Gasteiger partial charge in [-0.25, -0.2) is 4.39 Å². The summed E-state index contributed by atoms with van der Waals surface area (Å²) in [5, 5.41) is 0. The van der Waals surface area contributed by atoms with Crippen LogP contribution < -0.4 is 15.4 Å². The van der Waals surface area contributed by atoms with Crippen molar-refractivity contribution in [1.82, 2.24) is 0 Å². The van der Waals surface area contributed by atoms with Crippen molar-refractivity contribution in [3.8, 4) is 5.75 Å². The van der Waals surface area contributed by atoms with E-state index in [-0.39, 0.29) is 5.75 Å². The highest BCUT2D eigenvalue weighted by atomic mass is 19.1. The molecule has 0 heterocycles. The molecule has 0 radical (unpaired) electrons. The fraction of sp³-hybridized carbons (Fsp3) is 0.538. The first-order valence-corrected chi connectivity index (χ1v) is 5.79. The van der Waals surface area contributed by atoms with E-state index in [0.29, 0.717) is 11.6 Å². The van der Waals surface area contributed by atoms with Crippen molar-refractivity contribution in [2.75, 3.05) is 31.3 Å². The Hall–Kier alpha value is -1.45. The van der Waals surface area contributed by atoms with Crippen LogP contribution in [-0.4, -0.2) is 20.7 Å². The summed E-state index contributed by atoms with van der Waals surface area (Å²) in [6.07, 6.45) is 1.07. The number of hydrogen-bond donors (Lipinski definition) is 1. The zero-order valence-corrected chi connectivity index (χ0v) is 11.0. The van der Waals surface area contributed by atoms with Crippen LogP contribution in [-0.2, 0) is 0 Å². The van der Waals surface area contributed by atoms with Crippen LogP contribution in [0.4, 0.5) is 15.8 Å². The second-order valence-electron chi connectivity index (χ2n) is 4.65. The molecular formula is C13H21FN2O. The number of nitrogen functional groups attached to an aromatic ring is 1. The minimum absolute atomic E-state index is 0.227. The van der Waals surface area contributed by atoms with Gasteiger partial charge in [0.15, 0.2) is 11.6 Å². The second kappa shape index (κ2) is 5.75. The maximum Gasteiger partial charge on any atom is 0.167 e. The van der Waals surface area contributed by atoms with Crippen molar-refractivity contribution >= 4 is 11.4 Å². The summed E-state index contributed by atoms with van der Waals surface area (Å²) in [4.78, 5) is 2.03. The summed E-state index contributed by atoms with van der Waals surface area (Å²) in [5.41, 5.74) is 7.06. The number of rotatable bonds is 5. The van der Waals surface area contributed by atoms with Crippen molar-refractivity contribution in [3.63, 3.8) is 0 Å². The molecule has 17 heavy (non-hydrogen) atoms. The summed E-state index contributed by atoms with van der Waals surface area (Å²) in [6.45, 7) is 5.22. The molecule has 0 spiro atoms. The summed E-state index contributed by atoms with van der Waals surface area (Å²) in [7, 11) is 3.40. The van der Waals surface area contributed by atoms with E-state index in [0.717, 1.165) is 18.7 Å². The molecule has 0 aliphatic rings. The van der Waals surface area contributed by atoms with E-state index in [1.807, 2.05) is 11.9 Å². The maximum atomic E-state index is 13.4. The first-order valence-electron chi connectivity index (χ1n) is 5.79. The summed E-state index contributed by atoms with van der Waals surface area (Å²) in [6, 6.07) is 2.95. The van der Waals surface area contributed by atoms with Gasteiger partial charge in [-0.05, 0) is 12.3 Å². The van der Waals surface area contributed by atoms with Gasteiger partial charge in [0.2, 0.25) is 0 Å². The monoisotopic (exact) mass is 240 g/mol. The van der Waals surface area contributed by atoms with Gasteiger partial charge < -0.3 is 15.4 Å². The lowest BCUT2D eigenvalue weighted by atomic mass is 10.1. The largest absolute Gasteiger partial charge is 0.494 e. The number of halogens is 1. The molecule has 0 saturated carbocycles. The molecule has 0 bridgehead atoms. The van der Waals surface area contributed by atoms with Gasteiger partial charge in [-0.15, -0.1) is 0 Å². The topological polar surface area (TPSA) is 38.5 Å². The normalized spacial score (nSPS) is 10.7. The Bertz CT molecular complexity index is 380. The van der Waals surface area contributed by atoms with E-state index in [4.69, 9.17) is 10.5 Å². The molecule has 0 atom stereocenters. The van der Waals surface area contributed by atoms with Gasteiger partial charge in [0.25, 0.3) is 0 Å². The van der Waals surface area contributed by atoms with Gasteiger partial charge in [-0.1, -0.05) is 13.8 Å². The number of nitrogens with zero attached hydrogens (tertiary/aromatic N) is 1. The third kappa shape index (κ3) is 3.51. The highest BCUT2D eigenvalue weighted by Crippen LogP contribution is 2.30. The minimum atomic E-state index is -0.425. The van der Waals surface area contributed by atoms with E-state index in [1.165, 1.54) is 13.2 Å². The molecule has 0 aliphatic heterocycles. The number of methoxy groups -OCH3 is 1. The summed E-state index contributed by atoms with van der Waals surface area (Å²) >= 11 is 0. The summed E-state index contributed by atoms with van der Waals surface area (Å²) in [5.74, 6) is 0.428. The Balaban J connectivity index is 2.89. The van der Waals surface area contributed by atoms with E-state index in [2.05, 4.69) is 13.8 Å². The van der Waals surface area contributed by atoms with E-state index >= 15 is 0 Å². The van der Waals surface area contributed by atoms with Crippen molar-refractivity contribution in [2.45, 2.75) is 20.3 Å². The van der Waals surface area contributed by atoms with Crippen molar-refractivity contribution in [2.24, 2.45) is 5.92 Å². The molecule has 0 aliphatic carbocycles. The van der Waals surface area contributed by atoms with Crippen LogP contribution in [0.5, 0.6) is 5.75 Å². The molecular weight excluding hydrogens is 219 g/mol. The van der Waals surface area contributed by atoms with Gasteiger partial charge in [-0.3, -0.25) is 0 Å². The SMILES string of the molecule is COc1cc(N(C)CCC(C)C)c(N)cc1F. The average Bonchev–Trinajstić information content (AvgIpc) is 2.26. The van der Waals surface area contributed by atoms with Crippen LogP contribution in [0.15, 0.2) is 12.1 Å². The molecule has 2 N–H and O–H groups in total. The fourth-order valence-electron chi connectivity index (χ4n) is 1.62. The predicted octanol–water partition coefficient (Wildman–Crippen LogP) is 2.90. The lowest BCUT2D eigenvalue weighted by Crippen LogP contribution is -2.21. The lowest BCUT2D eigenvalue weighted by molar-refractivity contribution is 0.386. The number of hydrogen-bond acceptors (Lipinski definition) is 3. The standard InChI is InChI=1S/C13H21FN2O/c1-9(2)5-6-16(3)12-8-13(17-4)10(14)7-11(12)15/h7-9H,5-6,15H2,1-4H3. The van der Waals surface area contributed by atoms with Gasteiger partial charge >= 0.3 is 0 Å². The third-order valence-electron chi connectivity index (χ3n) is 2.75. The molecule has 0 saturated heterocycles. The highest BCUT2D eigenvalue weighted by Gasteiger charge is 2.11. The average molecular weight is 240 g/mol. The van der Waals surface area contributed by atoms with Gasteiger partial charge in [0.1, 0.15) is 0 Å². The van der Waals surface area contributed by atoms with Crippen LogP contribution in [0, 0.1) is 11.7 Å². The molecule has 1 rings (SSSR count). The maximum absolute atomic E-state index is 13.4. The molecule has 0 unspecified atom stereocenters. The number of anilines is 2. The predicted molar refractivity (Wildman–Crippen MR) is 70.1 cm³/mol. The summed E-state index contributed by atoms with van der Waals surface area (Å²) < 4.78 is 18.3. The third-order valence-corrected chi connectivity index (χ3v) is 2.75. The van der Waals surface area contributed by atoms with Crippen LogP contribution >= 0.6 is 0 Å². The van der Waals surface area contributed by atoms with Crippen LogP contribution in [0.2, 0.25) is 0 Å².